The van der Waals surface area contributed by atoms with Crippen LogP contribution in [-0.4, -0.2) is 16.1 Å². The molecule has 0 aliphatic carbocycles. The van der Waals surface area contributed by atoms with Crippen molar-refractivity contribution in [2.45, 2.75) is 9.59 Å². The van der Waals surface area contributed by atoms with Crippen LogP contribution in [0.1, 0.15) is 10.8 Å². The van der Waals surface area contributed by atoms with E-state index in [1.165, 1.54) is 29.2 Å². The molecule has 1 heterocycles. The molecule has 5 nitrogen and oxygen atoms in total. The van der Waals surface area contributed by atoms with Gasteiger partial charge in [-0.15, -0.1) is 10.2 Å². The number of halogens is 2. The van der Waals surface area contributed by atoms with E-state index >= 15 is 0 Å². The van der Waals surface area contributed by atoms with Gasteiger partial charge in [-0.1, -0.05) is 53.4 Å². The predicted molar refractivity (Wildman–Crippen MR) is 94.3 cm³/mol. The second-order valence-electron chi connectivity index (χ2n) is 4.93. The minimum Gasteiger partial charge on any atom is -0.374 e. The van der Waals surface area contributed by atoms with Gasteiger partial charge in [-0.25, -0.2) is 8.78 Å². The molecule has 1 atom stereocenters. The smallest absolute Gasteiger partial charge is 0.242 e. The molecule has 128 valence electrons. The summed E-state index contributed by atoms with van der Waals surface area (Å²) in [5.41, 5.74) is 6.48. The third kappa shape index (κ3) is 4.31. The molecule has 0 saturated heterocycles. The number of hydrogen-bond donors (Lipinski definition) is 2. The monoisotopic (exact) mass is 378 g/mol. The molecule has 0 unspecified atom stereocenters. The van der Waals surface area contributed by atoms with Crippen LogP contribution in [0.25, 0.3) is 0 Å². The summed E-state index contributed by atoms with van der Waals surface area (Å²) in [4.78, 5) is 12.7. The summed E-state index contributed by atoms with van der Waals surface area (Å²) in [7, 11) is 0. The van der Waals surface area contributed by atoms with E-state index < -0.39 is 22.8 Å². The Morgan fingerprint density at radius 3 is 2.52 bits per heavy atom. The molecule has 1 amide bonds. The second-order valence-corrected chi connectivity index (χ2v) is 7.29. The van der Waals surface area contributed by atoms with Crippen molar-refractivity contribution in [1.82, 2.24) is 10.2 Å². The molecule has 0 aliphatic heterocycles. The van der Waals surface area contributed by atoms with Gasteiger partial charge in [0.05, 0.1) is 0 Å². The Labute approximate surface area is 150 Å². The zero-order chi connectivity index (χ0) is 17.8. The minimum atomic E-state index is -1.03. The maximum absolute atomic E-state index is 13.3. The van der Waals surface area contributed by atoms with Gasteiger partial charge in [-0.3, -0.25) is 4.79 Å². The number of rotatable bonds is 5. The zero-order valence-corrected chi connectivity index (χ0v) is 14.3. The molecule has 1 aromatic heterocycles. The molecule has 0 aliphatic rings. The van der Waals surface area contributed by atoms with Gasteiger partial charge in [-0.2, -0.15) is 0 Å². The Morgan fingerprint density at radius 2 is 1.88 bits per heavy atom. The van der Waals surface area contributed by atoms with E-state index in [4.69, 9.17) is 5.73 Å². The molecule has 0 saturated carbocycles. The van der Waals surface area contributed by atoms with Gasteiger partial charge in [0.15, 0.2) is 16.0 Å². The second kappa shape index (κ2) is 7.58. The van der Waals surface area contributed by atoms with Crippen molar-refractivity contribution in [3.63, 3.8) is 0 Å². The highest BCUT2D eigenvalue weighted by Crippen LogP contribution is 2.38. The van der Waals surface area contributed by atoms with Gasteiger partial charge < -0.3 is 11.1 Å². The first-order valence-corrected chi connectivity index (χ1v) is 8.79. The lowest BCUT2D eigenvalue weighted by molar-refractivity contribution is -0.115. The number of carbonyl (C=O) groups is 1. The van der Waals surface area contributed by atoms with Crippen LogP contribution >= 0.6 is 23.1 Å². The van der Waals surface area contributed by atoms with Crippen molar-refractivity contribution in [2.24, 2.45) is 0 Å². The molecular formula is C16H12F2N4OS2. The molecule has 3 aromatic rings. The fourth-order valence-electron chi connectivity index (χ4n) is 2.05. The number of nitrogens with one attached hydrogen (secondary N) is 1. The van der Waals surface area contributed by atoms with Gasteiger partial charge >= 0.3 is 0 Å². The van der Waals surface area contributed by atoms with Crippen LogP contribution in [0.5, 0.6) is 0 Å². The molecule has 3 N–H and O–H groups in total. The van der Waals surface area contributed by atoms with Crippen LogP contribution in [0, 0.1) is 11.6 Å². The minimum absolute atomic E-state index is 0.169. The normalized spacial score (nSPS) is 11.9. The SMILES string of the molecule is Nc1nnc(S[C@H](C(=O)Nc2ccc(F)c(F)c2)c2ccccc2)s1. The first-order chi connectivity index (χ1) is 12.0. The molecular weight excluding hydrogens is 366 g/mol. The Hall–Kier alpha value is -2.52. The van der Waals surface area contributed by atoms with Crippen molar-refractivity contribution < 1.29 is 13.6 Å². The van der Waals surface area contributed by atoms with E-state index in [0.29, 0.717) is 9.47 Å². The number of benzene rings is 2. The lowest BCUT2D eigenvalue weighted by atomic mass is 10.1. The third-order valence-corrected chi connectivity index (χ3v) is 5.26. The summed E-state index contributed by atoms with van der Waals surface area (Å²) in [5.74, 6) is -2.40. The zero-order valence-electron chi connectivity index (χ0n) is 12.6. The summed E-state index contributed by atoms with van der Waals surface area (Å²) in [5, 5.41) is 9.89. The number of anilines is 2. The Bertz CT molecular complexity index is 889. The number of amides is 1. The highest BCUT2D eigenvalue weighted by atomic mass is 32.2. The lowest BCUT2D eigenvalue weighted by Gasteiger charge is -2.15. The highest BCUT2D eigenvalue weighted by molar-refractivity contribution is 8.02. The quantitative estimate of drug-likeness (QED) is 0.659. The summed E-state index contributed by atoms with van der Waals surface area (Å²) in [6, 6.07) is 12.2. The molecule has 0 radical (unpaired) electrons. The number of nitrogen functional groups attached to an aromatic ring is 1. The van der Waals surface area contributed by atoms with Crippen molar-refractivity contribution in [1.29, 1.82) is 0 Å². The molecule has 0 spiro atoms. The van der Waals surface area contributed by atoms with Crippen LogP contribution in [-0.2, 0) is 4.79 Å². The van der Waals surface area contributed by atoms with Crippen LogP contribution in [0.2, 0.25) is 0 Å². The maximum Gasteiger partial charge on any atom is 0.242 e. The summed E-state index contributed by atoms with van der Waals surface area (Å²) in [6.45, 7) is 0. The number of thioether (sulfide) groups is 1. The van der Waals surface area contributed by atoms with Gasteiger partial charge in [0, 0.05) is 11.8 Å². The molecule has 2 aromatic carbocycles. The Morgan fingerprint density at radius 1 is 1.12 bits per heavy atom. The molecule has 0 fully saturated rings. The fraction of sp³-hybridized carbons (Fsp3) is 0.0625. The number of nitrogens with zero attached hydrogens (tertiary/aromatic N) is 2. The van der Waals surface area contributed by atoms with Crippen molar-refractivity contribution >= 4 is 39.8 Å². The molecule has 25 heavy (non-hydrogen) atoms. The highest BCUT2D eigenvalue weighted by Gasteiger charge is 2.24. The van der Waals surface area contributed by atoms with Crippen molar-refractivity contribution in [3.8, 4) is 0 Å². The third-order valence-electron chi connectivity index (χ3n) is 3.17. The number of carbonyl (C=O) groups excluding carboxylic acids is 1. The van der Waals surface area contributed by atoms with Crippen LogP contribution in [0.4, 0.5) is 19.6 Å². The molecule has 9 heteroatoms. The topological polar surface area (TPSA) is 80.9 Å². The van der Waals surface area contributed by atoms with E-state index in [9.17, 15) is 13.6 Å². The van der Waals surface area contributed by atoms with E-state index in [2.05, 4.69) is 15.5 Å². The molecule has 0 bridgehead atoms. The number of aromatic nitrogens is 2. The van der Waals surface area contributed by atoms with Gasteiger partial charge in [0.25, 0.3) is 0 Å². The van der Waals surface area contributed by atoms with E-state index in [1.807, 2.05) is 18.2 Å². The lowest BCUT2D eigenvalue weighted by Crippen LogP contribution is -2.19. The van der Waals surface area contributed by atoms with E-state index in [0.717, 1.165) is 17.7 Å². The van der Waals surface area contributed by atoms with E-state index in [1.54, 1.807) is 12.1 Å². The maximum atomic E-state index is 13.3. The first kappa shape index (κ1) is 17.3. The van der Waals surface area contributed by atoms with Crippen LogP contribution in [0.15, 0.2) is 52.9 Å². The van der Waals surface area contributed by atoms with Crippen LogP contribution < -0.4 is 11.1 Å². The predicted octanol–water partition coefficient (Wildman–Crippen LogP) is 3.87. The summed E-state index contributed by atoms with van der Waals surface area (Å²) in [6.07, 6.45) is 0. The fourth-order valence-corrected chi connectivity index (χ4v) is 3.88. The molecule has 3 rings (SSSR count). The average molecular weight is 378 g/mol. The van der Waals surface area contributed by atoms with Gasteiger partial charge in [0.2, 0.25) is 11.0 Å². The largest absolute Gasteiger partial charge is 0.374 e. The first-order valence-electron chi connectivity index (χ1n) is 7.09. The Kier molecular flexibility index (Phi) is 5.25. The standard InChI is InChI=1S/C16H12F2N4OS2/c17-11-7-6-10(8-12(11)18)20-14(23)13(9-4-2-1-3-5-9)24-16-22-21-15(19)25-16/h1-8,13H,(H2,19,21)(H,20,23)/t13-/m0/s1. The van der Waals surface area contributed by atoms with E-state index in [-0.39, 0.29) is 5.69 Å². The van der Waals surface area contributed by atoms with Crippen molar-refractivity contribution in [3.05, 3.63) is 65.7 Å². The van der Waals surface area contributed by atoms with Gasteiger partial charge in [-0.05, 0) is 17.7 Å². The average Bonchev–Trinajstić information content (AvgIpc) is 3.02. The summed E-state index contributed by atoms with van der Waals surface area (Å²) < 4.78 is 26.9. The van der Waals surface area contributed by atoms with Gasteiger partial charge in [0.1, 0.15) is 5.25 Å². The number of nitrogens with two attached hydrogens (primary N) is 1. The number of hydrogen-bond acceptors (Lipinski definition) is 6. The summed E-state index contributed by atoms with van der Waals surface area (Å²) >= 11 is 2.35. The Balaban J connectivity index is 1.85. The van der Waals surface area contributed by atoms with Crippen LogP contribution in [0.3, 0.4) is 0 Å². The van der Waals surface area contributed by atoms with Crippen molar-refractivity contribution in [2.75, 3.05) is 11.1 Å².